The molecule has 5 heteroatoms. The summed E-state index contributed by atoms with van der Waals surface area (Å²) >= 11 is 4.61. The molecule has 2 saturated heterocycles. The molecule has 0 aromatic heterocycles. The third kappa shape index (κ3) is 1.86. The zero-order chi connectivity index (χ0) is 9.59. The van der Waals surface area contributed by atoms with Crippen LogP contribution < -0.4 is 0 Å². The summed E-state index contributed by atoms with van der Waals surface area (Å²) in [6.45, 7) is 0. The molecule has 0 aliphatic carbocycles. The Labute approximate surface area is 105 Å². The van der Waals surface area contributed by atoms with Gasteiger partial charge in [0, 0.05) is 7.85 Å². The lowest BCUT2D eigenvalue weighted by Gasteiger charge is -2.22. The number of aliphatic hydroxyl groups is 2. The molecular weight excluding hydrogens is 398 g/mol. The van der Waals surface area contributed by atoms with E-state index in [4.69, 9.17) is 4.74 Å². The second-order valence-corrected chi connectivity index (χ2v) is 6.86. The third-order valence-electron chi connectivity index (χ3n) is 2.77. The molecule has 3 nitrogen and oxygen atoms in total. The smallest absolute Gasteiger partial charge is 0.110 e. The summed E-state index contributed by atoms with van der Waals surface area (Å²) in [5.41, 5.74) is 0. The van der Waals surface area contributed by atoms with Crippen LogP contribution in [0.5, 0.6) is 0 Å². The Morgan fingerprint density at radius 1 is 0.923 bits per heavy atom. The summed E-state index contributed by atoms with van der Waals surface area (Å²) in [7, 11) is 0. The van der Waals surface area contributed by atoms with Gasteiger partial charge in [0.05, 0.1) is 12.2 Å². The molecule has 13 heavy (non-hydrogen) atoms. The minimum absolute atomic E-state index is 0.166. The molecule has 0 radical (unpaired) electrons. The van der Waals surface area contributed by atoms with Gasteiger partial charge in [0.2, 0.25) is 0 Å². The first-order valence-corrected chi connectivity index (χ1v) is 6.90. The second kappa shape index (κ2) is 4.07. The molecule has 0 aromatic carbocycles. The number of alkyl halides is 2. The number of fused-ring (bicyclic) bond motifs is 2. The molecule has 6 atom stereocenters. The maximum Gasteiger partial charge on any atom is 0.110 e. The summed E-state index contributed by atoms with van der Waals surface area (Å²) in [4.78, 5) is 0. The van der Waals surface area contributed by atoms with E-state index < -0.39 is 12.2 Å². The maximum atomic E-state index is 9.70. The molecule has 76 valence electrons. The Balaban J connectivity index is 2.20. The highest BCUT2D eigenvalue weighted by atomic mass is 127. The zero-order valence-electron chi connectivity index (χ0n) is 6.94. The highest BCUT2D eigenvalue weighted by molar-refractivity contribution is 14.1. The Bertz CT molecular complexity index is 182. The van der Waals surface area contributed by atoms with Crippen molar-refractivity contribution in [1.29, 1.82) is 0 Å². The number of rotatable bonds is 0. The van der Waals surface area contributed by atoms with Crippen LogP contribution in [0.15, 0.2) is 0 Å². The predicted molar refractivity (Wildman–Crippen MR) is 65.5 cm³/mol. The largest absolute Gasteiger partial charge is 0.388 e. The van der Waals surface area contributed by atoms with E-state index in [0.29, 0.717) is 7.85 Å². The number of halogens is 2. The van der Waals surface area contributed by atoms with Gasteiger partial charge in [-0.15, -0.1) is 0 Å². The van der Waals surface area contributed by atoms with Crippen LogP contribution in [0.3, 0.4) is 0 Å². The van der Waals surface area contributed by atoms with Crippen LogP contribution in [-0.2, 0) is 4.74 Å². The Morgan fingerprint density at radius 3 is 1.69 bits per heavy atom. The van der Waals surface area contributed by atoms with Crippen molar-refractivity contribution in [3.63, 3.8) is 0 Å². The van der Waals surface area contributed by atoms with Crippen LogP contribution in [0.1, 0.15) is 12.8 Å². The highest BCUT2D eigenvalue weighted by Gasteiger charge is 2.49. The average Bonchev–Trinajstić information content (AvgIpc) is 2.30. The first-order valence-electron chi connectivity index (χ1n) is 4.41. The van der Waals surface area contributed by atoms with Crippen molar-refractivity contribution in [3.8, 4) is 0 Å². The van der Waals surface area contributed by atoms with E-state index in [0.717, 1.165) is 12.8 Å². The quantitative estimate of drug-likeness (QED) is 0.461. The van der Waals surface area contributed by atoms with Gasteiger partial charge in [-0.1, -0.05) is 45.2 Å². The van der Waals surface area contributed by atoms with E-state index in [1.54, 1.807) is 0 Å². The lowest BCUT2D eigenvalue weighted by Crippen LogP contribution is -2.40. The molecule has 2 bridgehead atoms. The van der Waals surface area contributed by atoms with Crippen molar-refractivity contribution in [2.75, 3.05) is 0 Å². The Morgan fingerprint density at radius 2 is 1.31 bits per heavy atom. The van der Waals surface area contributed by atoms with Gasteiger partial charge in [-0.25, -0.2) is 0 Å². The predicted octanol–water partition coefficient (Wildman–Crippen LogP) is 0.877. The normalized spacial score (nSPS) is 56.3. The Kier molecular flexibility index (Phi) is 3.40. The minimum Gasteiger partial charge on any atom is -0.388 e. The monoisotopic (exact) mass is 410 g/mol. The summed E-state index contributed by atoms with van der Waals surface area (Å²) in [5.74, 6) is 0. The van der Waals surface area contributed by atoms with Gasteiger partial charge in [0.15, 0.2) is 0 Å². The van der Waals surface area contributed by atoms with Gasteiger partial charge < -0.3 is 14.9 Å². The van der Waals surface area contributed by atoms with Gasteiger partial charge >= 0.3 is 0 Å². The second-order valence-electron chi connectivity index (χ2n) is 3.66. The molecule has 0 aromatic rings. The molecule has 2 aliphatic rings. The van der Waals surface area contributed by atoms with E-state index in [-0.39, 0.29) is 12.2 Å². The first-order chi connectivity index (χ1) is 6.11. The highest BCUT2D eigenvalue weighted by Crippen LogP contribution is 2.38. The molecule has 0 saturated carbocycles. The standard InChI is InChI=1S/C8H12I2O3/c9-3-1-2-4(10)8-6(12)5(11)7(3)13-8/h3-8,11-12H,1-2H2/t3-,4+,5+,6-,7+,8-. The van der Waals surface area contributed by atoms with Crippen molar-refractivity contribution in [3.05, 3.63) is 0 Å². The number of ether oxygens (including phenoxy) is 1. The van der Waals surface area contributed by atoms with E-state index in [1.807, 2.05) is 0 Å². The van der Waals surface area contributed by atoms with Gasteiger partial charge in [0.25, 0.3) is 0 Å². The molecule has 2 heterocycles. The van der Waals surface area contributed by atoms with Crippen LogP contribution in [0, 0.1) is 0 Å². The van der Waals surface area contributed by atoms with E-state index >= 15 is 0 Å². The lowest BCUT2D eigenvalue weighted by atomic mass is 9.96. The molecule has 0 amide bonds. The summed E-state index contributed by atoms with van der Waals surface area (Å²) in [6.07, 6.45) is 0.424. The molecule has 0 spiro atoms. The van der Waals surface area contributed by atoms with E-state index in [1.165, 1.54) is 0 Å². The number of aliphatic hydroxyl groups excluding tert-OH is 2. The zero-order valence-corrected chi connectivity index (χ0v) is 11.3. The molecule has 0 unspecified atom stereocenters. The molecule has 2 aliphatic heterocycles. The summed E-state index contributed by atoms with van der Waals surface area (Å²) < 4.78 is 6.31. The van der Waals surface area contributed by atoms with E-state index in [2.05, 4.69) is 45.2 Å². The maximum absolute atomic E-state index is 9.70. The van der Waals surface area contributed by atoms with Crippen molar-refractivity contribution in [2.45, 2.75) is 45.1 Å². The molecular formula is C8H12I2O3. The minimum atomic E-state index is -0.690. The Hall–Kier alpha value is 1.34. The fourth-order valence-electron chi connectivity index (χ4n) is 1.98. The third-order valence-corrected chi connectivity index (χ3v) is 5.43. The van der Waals surface area contributed by atoms with Gasteiger partial charge in [-0.3, -0.25) is 0 Å². The van der Waals surface area contributed by atoms with Crippen molar-refractivity contribution in [1.82, 2.24) is 0 Å². The topological polar surface area (TPSA) is 49.7 Å². The SMILES string of the molecule is O[C@@H]1[C@H](O)[C@H]2O[C@@H]1[C@@H](I)CC[C@H]2I. The van der Waals surface area contributed by atoms with Gasteiger partial charge in [-0.05, 0) is 12.8 Å². The lowest BCUT2D eigenvalue weighted by molar-refractivity contribution is 0.0215. The van der Waals surface area contributed by atoms with Crippen LogP contribution in [0.25, 0.3) is 0 Å². The molecule has 2 fully saturated rings. The number of hydrogen-bond acceptors (Lipinski definition) is 3. The molecule has 2 rings (SSSR count). The van der Waals surface area contributed by atoms with Crippen molar-refractivity contribution in [2.24, 2.45) is 0 Å². The fourth-order valence-corrected chi connectivity index (χ4v) is 3.89. The van der Waals surface area contributed by atoms with Crippen LogP contribution in [0.2, 0.25) is 0 Å². The average molecular weight is 410 g/mol. The first kappa shape index (κ1) is 10.8. The molecule has 2 N–H and O–H groups in total. The van der Waals surface area contributed by atoms with Crippen molar-refractivity contribution >= 4 is 45.2 Å². The van der Waals surface area contributed by atoms with Gasteiger partial charge in [0.1, 0.15) is 12.2 Å². The summed E-state index contributed by atoms with van der Waals surface area (Å²) in [5, 5.41) is 19.4. The van der Waals surface area contributed by atoms with Gasteiger partial charge in [-0.2, -0.15) is 0 Å². The van der Waals surface area contributed by atoms with E-state index in [9.17, 15) is 10.2 Å². The summed E-state index contributed by atoms with van der Waals surface area (Å²) in [6, 6.07) is 0. The van der Waals surface area contributed by atoms with Crippen LogP contribution in [-0.4, -0.2) is 42.5 Å². The fraction of sp³-hybridized carbons (Fsp3) is 1.00. The number of hydrogen-bond donors (Lipinski definition) is 2. The van der Waals surface area contributed by atoms with Crippen molar-refractivity contribution < 1.29 is 14.9 Å². The van der Waals surface area contributed by atoms with Crippen LogP contribution in [0.4, 0.5) is 0 Å². The van der Waals surface area contributed by atoms with Crippen LogP contribution >= 0.6 is 45.2 Å².